The van der Waals surface area contributed by atoms with Crippen LogP contribution in [0.2, 0.25) is 5.02 Å². The Balaban J connectivity index is 1.45. The van der Waals surface area contributed by atoms with E-state index in [4.69, 9.17) is 16.0 Å². The number of rotatable bonds is 4. The number of carbonyl (C=O) groups is 1. The van der Waals surface area contributed by atoms with Crippen molar-refractivity contribution in [2.75, 3.05) is 11.1 Å². The molecule has 1 N–H and O–H groups in total. The molecule has 2 heterocycles. The van der Waals surface area contributed by atoms with E-state index in [0.29, 0.717) is 16.1 Å². The van der Waals surface area contributed by atoms with Crippen LogP contribution < -0.4 is 5.32 Å². The van der Waals surface area contributed by atoms with E-state index >= 15 is 0 Å². The summed E-state index contributed by atoms with van der Waals surface area (Å²) < 4.78 is 45.8. The Hall–Kier alpha value is -2.30. The van der Waals surface area contributed by atoms with Crippen LogP contribution in [-0.2, 0) is 4.79 Å². The number of halogens is 4. The summed E-state index contributed by atoms with van der Waals surface area (Å²) in [6.45, 7) is 0. The molecule has 4 rings (SSSR count). The molecule has 27 heavy (non-hydrogen) atoms. The molecule has 1 amide bonds. The first-order chi connectivity index (χ1) is 12.9. The molecule has 0 unspecified atom stereocenters. The van der Waals surface area contributed by atoms with E-state index in [1.54, 1.807) is 18.2 Å². The lowest BCUT2D eigenvalue weighted by Crippen LogP contribution is -2.13. The van der Waals surface area contributed by atoms with E-state index in [0.717, 1.165) is 29.2 Å². The van der Waals surface area contributed by atoms with Gasteiger partial charge in [-0.2, -0.15) is 0 Å². The summed E-state index contributed by atoms with van der Waals surface area (Å²) >= 11 is 7.76. The minimum absolute atomic E-state index is 0.0313. The average molecular weight is 430 g/mol. The van der Waals surface area contributed by atoms with Gasteiger partial charge in [-0.1, -0.05) is 34.7 Å². The number of carbonyl (C=O) groups excluding carboxylic acids is 1. The van der Waals surface area contributed by atoms with Crippen molar-refractivity contribution in [2.24, 2.45) is 0 Å². The summed E-state index contributed by atoms with van der Waals surface area (Å²) in [6, 6.07) is 5.80. The van der Waals surface area contributed by atoms with Crippen molar-refractivity contribution in [1.29, 1.82) is 0 Å². The number of benzene rings is 2. The molecule has 0 fully saturated rings. The van der Waals surface area contributed by atoms with Crippen LogP contribution in [0.1, 0.15) is 0 Å². The maximum absolute atomic E-state index is 13.7. The van der Waals surface area contributed by atoms with Gasteiger partial charge >= 0.3 is 0 Å². The number of thioether (sulfide) groups is 1. The lowest BCUT2D eigenvalue weighted by molar-refractivity contribution is -0.113. The second kappa shape index (κ2) is 7.02. The van der Waals surface area contributed by atoms with E-state index < -0.39 is 23.4 Å². The summed E-state index contributed by atoms with van der Waals surface area (Å²) in [4.78, 5) is 20.1. The second-order valence-electron chi connectivity index (χ2n) is 5.28. The summed E-state index contributed by atoms with van der Waals surface area (Å²) in [5.74, 6) is -4.81. The highest BCUT2D eigenvalue weighted by atomic mass is 35.5. The minimum Gasteiger partial charge on any atom is -0.431 e. The van der Waals surface area contributed by atoms with E-state index in [1.165, 1.54) is 0 Å². The normalized spacial score (nSPS) is 11.4. The first kappa shape index (κ1) is 18.1. The highest BCUT2D eigenvalue weighted by molar-refractivity contribution is 7.99. The van der Waals surface area contributed by atoms with Crippen LogP contribution in [0, 0.1) is 17.5 Å². The van der Waals surface area contributed by atoms with Gasteiger partial charge in [0.25, 0.3) is 5.22 Å². The van der Waals surface area contributed by atoms with Gasteiger partial charge in [0.1, 0.15) is 11.0 Å². The predicted octanol–water partition coefficient (Wildman–Crippen LogP) is 5.24. The van der Waals surface area contributed by atoms with Crippen molar-refractivity contribution in [3.63, 3.8) is 0 Å². The van der Waals surface area contributed by atoms with Crippen LogP contribution in [0.15, 0.2) is 33.9 Å². The van der Waals surface area contributed by atoms with Crippen molar-refractivity contribution in [2.45, 2.75) is 5.22 Å². The Bertz CT molecular complexity index is 1190. The summed E-state index contributed by atoms with van der Waals surface area (Å²) in [7, 11) is 0. The van der Waals surface area contributed by atoms with Crippen molar-refractivity contribution in [3.05, 3.63) is 46.7 Å². The predicted molar refractivity (Wildman–Crippen MR) is 97.9 cm³/mol. The Kier molecular flexibility index (Phi) is 4.70. The molecule has 0 saturated heterocycles. The fourth-order valence-corrected chi connectivity index (χ4v) is 3.96. The molecule has 0 spiro atoms. The van der Waals surface area contributed by atoms with Crippen molar-refractivity contribution >= 4 is 67.1 Å². The molecule has 0 aliphatic heterocycles. The smallest absolute Gasteiger partial charge is 0.257 e. The molecule has 0 atom stereocenters. The van der Waals surface area contributed by atoms with Crippen LogP contribution in [0.4, 0.5) is 18.3 Å². The zero-order chi connectivity index (χ0) is 19.1. The van der Waals surface area contributed by atoms with Gasteiger partial charge < -0.3 is 9.73 Å². The van der Waals surface area contributed by atoms with Gasteiger partial charge in [-0.15, -0.1) is 0 Å². The van der Waals surface area contributed by atoms with Crippen LogP contribution in [0.3, 0.4) is 0 Å². The van der Waals surface area contributed by atoms with E-state index in [9.17, 15) is 18.0 Å². The number of hydrogen-bond donors (Lipinski definition) is 1. The Morgan fingerprint density at radius 2 is 2.04 bits per heavy atom. The van der Waals surface area contributed by atoms with E-state index in [1.807, 2.05) is 0 Å². The number of anilines is 1. The molecule has 2 aromatic heterocycles. The van der Waals surface area contributed by atoms with Gasteiger partial charge in [-0.3, -0.25) is 4.79 Å². The molecule has 0 aliphatic rings. The van der Waals surface area contributed by atoms with Gasteiger partial charge in [-0.25, -0.2) is 23.1 Å². The number of amides is 1. The number of thiazole rings is 1. The summed E-state index contributed by atoms with van der Waals surface area (Å²) in [5.41, 5.74) is 0.766. The molecular weight excluding hydrogens is 423 g/mol. The standard InChI is InChI=1S/C16H7ClF3N3O2S2/c17-6-1-2-9-8(3-6)21-16(25-9)26-5-11(24)22-15-23-14-10(27-15)4-7(18)12(19)13(14)20/h1-4H,5H2,(H,22,23,24). The van der Waals surface area contributed by atoms with Gasteiger partial charge in [0.05, 0.1) is 10.5 Å². The quantitative estimate of drug-likeness (QED) is 0.355. The Morgan fingerprint density at radius 1 is 1.22 bits per heavy atom. The minimum atomic E-state index is -1.60. The highest BCUT2D eigenvalue weighted by Gasteiger charge is 2.18. The molecular formula is C16H7ClF3N3O2S2. The fourth-order valence-electron chi connectivity index (χ4n) is 2.25. The van der Waals surface area contributed by atoms with Gasteiger partial charge in [0, 0.05) is 5.02 Å². The van der Waals surface area contributed by atoms with Gasteiger partial charge in [0.2, 0.25) is 5.91 Å². The van der Waals surface area contributed by atoms with E-state index in [-0.39, 0.29) is 26.3 Å². The van der Waals surface area contributed by atoms with Crippen molar-refractivity contribution < 1.29 is 22.4 Å². The second-order valence-corrected chi connectivity index (χ2v) is 7.67. The van der Waals surface area contributed by atoms with Crippen LogP contribution in [-0.4, -0.2) is 21.6 Å². The third-order valence-electron chi connectivity index (χ3n) is 3.42. The molecule has 5 nitrogen and oxygen atoms in total. The zero-order valence-corrected chi connectivity index (χ0v) is 15.4. The van der Waals surface area contributed by atoms with Crippen molar-refractivity contribution in [1.82, 2.24) is 9.97 Å². The largest absolute Gasteiger partial charge is 0.431 e. The Labute approximate surface area is 162 Å². The topological polar surface area (TPSA) is 68.0 Å². The highest BCUT2D eigenvalue weighted by Crippen LogP contribution is 2.31. The molecule has 0 aliphatic carbocycles. The molecule has 0 radical (unpaired) electrons. The zero-order valence-electron chi connectivity index (χ0n) is 13.1. The van der Waals surface area contributed by atoms with Gasteiger partial charge in [0.15, 0.2) is 28.2 Å². The molecule has 0 saturated carbocycles. The van der Waals surface area contributed by atoms with E-state index in [2.05, 4.69) is 15.3 Å². The summed E-state index contributed by atoms with van der Waals surface area (Å²) in [6.07, 6.45) is 0. The third-order valence-corrected chi connectivity index (χ3v) is 5.41. The first-order valence-electron chi connectivity index (χ1n) is 7.33. The number of fused-ring (bicyclic) bond motifs is 2. The summed E-state index contributed by atoms with van der Waals surface area (Å²) in [5, 5.41) is 3.28. The lowest BCUT2D eigenvalue weighted by Gasteiger charge is -1.98. The SMILES string of the molecule is O=C(CSc1nc2cc(Cl)ccc2o1)Nc1nc2c(F)c(F)c(F)cc2s1. The van der Waals surface area contributed by atoms with Gasteiger partial charge in [-0.05, 0) is 24.3 Å². The average Bonchev–Trinajstić information content (AvgIpc) is 3.21. The monoisotopic (exact) mass is 429 g/mol. The third kappa shape index (κ3) is 3.60. The van der Waals surface area contributed by atoms with Crippen LogP contribution in [0.5, 0.6) is 0 Å². The number of hydrogen-bond acceptors (Lipinski definition) is 6. The number of nitrogens with zero attached hydrogens (tertiary/aromatic N) is 2. The molecule has 4 aromatic rings. The molecule has 2 aromatic carbocycles. The maximum atomic E-state index is 13.7. The number of aromatic nitrogens is 2. The fraction of sp³-hybridized carbons (Fsp3) is 0.0625. The molecule has 0 bridgehead atoms. The maximum Gasteiger partial charge on any atom is 0.257 e. The molecule has 11 heteroatoms. The molecule has 138 valence electrons. The lowest BCUT2D eigenvalue weighted by atomic mass is 10.3. The van der Waals surface area contributed by atoms with Crippen LogP contribution >= 0.6 is 34.7 Å². The first-order valence-corrected chi connectivity index (χ1v) is 9.51. The van der Waals surface area contributed by atoms with Crippen LogP contribution in [0.25, 0.3) is 21.3 Å². The number of nitrogens with one attached hydrogen (secondary N) is 1. The van der Waals surface area contributed by atoms with Crippen molar-refractivity contribution in [3.8, 4) is 0 Å². The number of oxazole rings is 1. The Morgan fingerprint density at radius 3 is 2.85 bits per heavy atom.